The lowest BCUT2D eigenvalue weighted by molar-refractivity contribution is 0.566. The molecule has 1 aromatic carbocycles. The van der Waals surface area contributed by atoms with Crippen LogP contribution in [-0.4, -0.2) is 18.4 Å². The molecular weight excluding hydrogens is 357 g/mol. The van der Waals surface area contributed by atoms with Crippen molar-refractivity contribution in [3.05, 3.63) is 51.5 Å². The monoisotopic (exact) mass is 365 g/mol. The van der Waals surface area contributed by atoms with Crippen LogP contribution >= 0.6 is 34.8 Å². The number of aromatic nitrogens is 2. The molecule has 0 aliphatic carbocycles. The van der Waals surface area contributed by atoms with Crippen molar-refractivity contribution < 1.29 is 8.42 Å². The Morgan fingerprint density at radius 2 is 1.76 bits per heavy atom. The maximum Gasteiger partial charge on any atom is 0.244 e. The van der Waals surface area contributed by atoms with E-state index in [1.807, 2.05) is 0 Å². The van der Waals surface area contributed by atoms with E-state index in [0.717, 1.165) is 12.4 Å². The van der Waals surface area contributed by atoms with Gasteiger partial charge in [-0.25, -0.2) is 23.1 Å². The molecule has 1 heterocycles. The lowest BCUT2D eigenvalue weighted by Crippen LogP contribution is -2.27. The second kappa shape index (κ2) is 6.46. The van der Waals surface area contributed by atoms with Crippen molar-refractivity contribution in [1.82, 2.24) is 14.7 Å². The molecule has 21 heavy (non-hydrogen) atoms. The fourth-order valence-electron chi connectivity index (χ4n) is 1.66. The second-order valence-corrected chi connectivity index (χ2v) is 7.09. The summed E-state index contributed by atoms with van der Waals surface area (Å²) in [6.45, 7) is 1.67. The predicted octanol–water partition coefficient (Wildman–Crippen LogP) is 3.48. The third kappa shape index (κ3) is 4.05. The molecule has 5 nitrogen and oxygen atoms in total. The van der Waals surface area contributed by atoms with Crippen LogP contribution in [0.4, 0.5) is 0 Å². The van der Waals surface area contributed by atoms with Gasteiger partial charge in [0.1, 0.15) is 4.90 Å². The van der Waals surface area contributed by atoms with E-state index in [2.05, 4.69) is 14.7 Å². The molecule has 0 amide bonds. The molecule has 0 aliphatic rings. The molecule has 1 N–H and O–H groups in total. The molecule has 2 rings (SSSR count). The van der Waals surface area contributed by atoms with Gasteiger partial charge in [0.25, 0.3) is 0 Å². The number of sulfonamides is 1. The number of benzene rings is 1. The van der Waals surface area contributed by atoms with Crippen LogP contribution < -0.4 is 4.72 Å². The van der Waals surface area contributed by atoms with Gasteiger partial charge >= 0.3 is 0 Å². The normalized spacial score (nSPS) is 13.1. The van der Waals surface area contributed by atoms with E-state index >= 15 is 0 Å². The average molecular weight is 367 g/mol. The number of hydrogen-bond acceptors (Lipinski definition) is 4. The Morgan fingerprint density at radius 3 is 2.33 bits per heavy atom. The van der Waals surface area contributed by atoms with E-state index in [1.165, 1.54) is 0 Å². The van der Waals surface area contributed by atoms with Crippen LogP contribution in [0, 0.1) is 0 Å². The van der Waals surface area contributed by atoms with Crippen molar-refractivity contribution in [1.29, 1.82) is 0 Å². The summed E-state index contributed by atoms with van der Waals surface area (Å²) in [7, 11) is -3.78. The quantitative estimate of drug-likeness (QED) is 0.841. The van der Waals surface area contributed by atoms with Gasteiger partial charge in [0.05, 0.1) is 12.4 Å². The third-order valence-corrected chi connectivity index (χ3v) is 4.92. The summed E-state index contributed by atoms with van der Waals surface area (Å²) in [5.74, 6) is 0. The Morgan fingerprint density at radius 1 is 1.14 bits per heavy atom. The first-order valence-corrected chi connectivity index (χ1v) is 8.36. The molecule has 0 aliphatic heterocycles. The van der Waals surface area contributed by atoms with E-state index in [1.54, 1.807) is 25.1 Å². The second-order valence-electron chi connectivity index (χ2n) is 4.20. The predicted molar refractivity (Wildman–Crippen MR) is 82.2 cm³/mol. The van der Waals surface area contributed by atoms with Crippen molar-refractivity contribution in [3.8, 4) is 0 Å². The molecule has 2 aromatic rings. The van der Waals surface area contributed by atoms with Crippen molar-refractivity contribution in [2.45, 2.75) is 17.9 Å². The highest BCUT2D eigenvalue weighted by molar-refractivity contribution is 7.89. The maximum absolute atomic E-state index is 12.2. The van der Waals surface area contributed by atoms with Gasteiger partial charge in [-0.2, -0.15) is 0 Å². The van der Waals surface area contributed by atoms with E-state index < -0.39 is 16.1 Å². The maximum atomic E-state index is 12.2. The van der Waals surface area contributed by atoms with Crippen molar-refractivity contribution in [3.63, 3.8) is 0 Å². The lowest BCUT2D eigenvalue weighted by Gasteiger charge is -2.16. The highest BCUT2D eigenvalue weighted by Crippen LogP contribution is 2.27. The number of rotatable bonds is 4. The van der Waals surface area contributed by atoms with Gasteiger partial charge in [-0.05, 0) is 36.2 Å². The molecule has 0 spiro atoms. The summed E-state index contributed by atoms with van der Waals surface area (Å²) in [5, 5.41) is 0.831. The van der Waals surface area contributed by atoms with Crippen LogP contribution in [0.15, 0.2) is 35.5 Å². The first-order valence-electron chi connectivity index (χ1n) is 5.74. The van der Waals surface area contributed by atoms with Crippen LogP contribution in [0.25, 0.3) is 0 Å². The number of nitrogens with one attached hydrogen (secondary N) is 1. The smallest absolute Gasteiger partial charge is 0.225 e. The molecule has 112 valence electrons. The number of halogens is 3. The first-order chi connectivity index (χ1) is 9.79. The fraction of sp³-hybridized carbons (Fsp3) is 0.167. The fourth-order valence-corrected chi connectivity index (χ4v) is 3.44. The van der Waals surface area contributed by atoms with Crippen LogP contribution in [0.2, 0.25) is 15.3 Å². The minimum Gasteiger partial charge on any atom is -0.225 e. The lowest BCUT2D eigenvalue weighted by atomic mass is 10.1. The summed E-state index contributed by atoms with van der Waals surface area (Å²) in [5.41, 5.74) is 0.611. The molecule has 0 fully saturated rings. The zero-order chi connectivity index (χ0) is 15.6. The van der Waals surface area contributed by atoms with Crippen LogP contribution in [0.1, 0.15) is 18.5 Å². The number of hydrogen-bond donors (Lipinski definition) is 1. The summed E-state index contributed by atoms with van der Waals surface area (Å²) in [6.07, 6.45) is 2.27. The largest absolute Gasteiger partial charge is 0.244 e. The zero-order valence-corrected chi connectivity index (χ0v) is 13.8. The highest BCUT2D eigenvalue weighted by Gasteiger charge is 2.20. The van der Waals surface area contributed by atoms with Crippen LogP contribution in [0.5, 0.6) is 0 Å². The number of nitrogens with zero attached hydrogens (tertiary/aromatic N) is 2. The van der Waals surface area contributed by atoms with Gasteiger partial charge in [-0.15, -0.1) is 0 Å². The minimum atomic E-state index is -3.78. The molecule has 9 heteroatoms. The van der Waals surface area contributed by atoms with E-state index in [-0.39, 0.29) is 10.2 Å². The molecule has 1 aromatic heterocycles. The average Bonchev–Trinajstić information content (AvgIpc) is 2.38. The third-order valence-electron chi connectivity index (χ3n) is 2.67. The highest BCUT2D eigenvalue weighted by atomic mass is 35.5. The summed E-state index contributed by atoms with van der Waals surface area (Å²) in [6, 6.07) is 4.31. The van der Waals surface area contributed by atoms with Gasteiger partial charge in [0.2, 0.25) is 15.3 Å². The van der Waals surface area contributed by atoms with Crippen molar-refractivity contribution in [2.24, 2.45) is 0 Å². The Balaban J connectivity index is 2.25. The molecule has 0 saturated carbocycles. The van der Waals surface area contributed by atoms with Gasteiger partial charge in [0.15, 0.2) is 0 Å². The van der Waals surface area contributed by atoms with Gasteiger partial charge in [-0.1, -0.05) is 29.3 Å². The van der Waals surface area contributed by atoms with E-state index in [0.29, 0.717) is 15.6 Å². The molecule has 0 bridgehead atoms. The van der Waals surface area contributed by atoms with Crippen molar-refractivity contribution >= 4 is 44.8 Å². The van der Waals surface area contributed by atoms with Gasteiger partial charge in [-0.3, -0.25) is 0 Å². The minimum absolute atomic E-state index is 0.0252. The summed E-state index contributed by atoms with van der Waals surface area (Å²) >= 11 is 17.4. The molecule has 0 radical (unpaired) electrons. The molecule has 0 saturated heterocycles. The zero-order valence-electron chi connectivity index (χ0n) is 10.7. The van der Waals surface area contributed by atoms with Gasteiger partial charge in [0, 0.05) is 16.1 Å². The van der Waals surface area contributed by atoms with Crippen LogP contribution in [0.3, 0.4) is 0 Å². The van der Waals surface area contributed by atoms with Crippen LogP contribution in [-0.2, 0) is 10.0 Å². The Kier molecular flexibility index (Phi) is 5.06. The topological polar surface area (TPSA) is 72.0 Å². The first kappa shape index (κ1) is 16.5. The van der Waals surface area contributed by atoms with Gasteiger partial charge < -0.3 is 0 Å². The Bertz CT molecular complexity index is 751. The van der Waals surface area contributed by atoms with Crippen molar-refractivity contribution in [2.75, 3.05) is 0 Å². The Hall–Kier alpha value is -0.920. The van der Waals surface area contributed by atoms with E-state index in [9.17, 15) is 8.42 Å². The standard InChI is InChI=1S/C12H10Cl3N3O2S/c1-7(10-3-2-8(13)4-11(10)14)18-21(19,20)9-5-16-12(15)17-6-9/h2-7,18H,1H3. The Labute approximate surface area is 137 Å². The summed E-state index contributed by atoms with van der Waals surface area (Å²) in [4.78, 5) is 7.21. The molecule has 1 atom stereocenters. The SMILES string of the molecule is CC(NS(=O)(=O)c1cnc(Cl)nc1)c1ccc(Cl)cc1Cl. The summed E-state index contributed by atoms with van der Waals surface area (Å²) < 4.78 is 26.9. The molecular formula is C12H10Cl3N3O2S. The molecule has 1 unspecified atom stereocenters. The van der Waals surface area contributed by atoms with E-state index in [4.69, 9.17) is 34.8 Å².